The summed E-state index contributed by atoms with van der Waals surface area (Å²) >= 11 is -0.0791. The van der Waals surface area contributed by atoms with Gasteiger partial charge < -0.3 is 5.73 Å². The van der Waals surface area contributed by atoms with Crippen LogP contribution in [0, 0.1) is 5.92 Å². The Bertz CT molecular complexity index is 379. The molecule has 0 saturated heterocycles. The van der Waals surface area contributed by atoms with Gasteiger partial charge in [0.25, 0.3) is 0 Å². The van der Waals surface area contributed by atoms with Crippen LogP contribution in [0.5, 0.6) is 0 Å². The van der Waals surface area contributed by atoms with Crippen molar-refractivity contribution in [1.82, 2.24) is 0 Å². The van der Waals surface area contributed by atoms with Crippen LogP contribution in [0.1, 0.15) is 24.4 Å². The zero-order chi connectivity index (χ0) is 11.8. The van der Waals surface area contributed by atoms with E-state index in [-0.39, 0.29) is 35.1 Å². The second-order valence-corrected chi connectivity index (χ2v) is 5.06. The molecule has 1 aliphatic rings. The molecule has 1 aromatic carbocycles. The van der Waals surface area contributed by atoms with Crippen molar-refractivity contribution in [2.75, 3.05) is 0 Å². The van der Waals surface area contributed by atoms with Gasteiger partial charge in [-0.3, -0.25) is 0 Å². The van der Waals surface area contributed by atoms with Crippen molar-refractivity contribution in [3.63, 3.8) is 0 Å². The van der Waals surface area contributed by atoms with Crippen molar-refractivity contribution in [3.05, 3.63) is 29.8 Å². The zero-order valence-corrected chi connectivity index (χ0v) is 10.5. The molecule has 0 amide bonds. The average Bonchev–Trinajstić information content (AvgIpc) is 2.98. The SMILES string of the molecule is Cl.N[C@H](c1ccccc1SC(F)(F)F)C1CC1. The summed E-state index contributed by atoms with van der Waals surface area (Å²) in [4.78, 5) is 0.231. The van der Waals surface area contributed by atoms with Gasteiger partial charge in [-0.2, -0.15) is 13.2 Å². The third-order valence-electron chi connectivity index (χ3n) is 2.63. The van der Waals surface area contributed by atoms with Crippen LogP contribution >= 0.6 is 24.2 Å². The number of hydrogen-bond acceptors (Lipinski definition) is 2. The summed E-state index contributed by atoms with van der Waals surface area (Å²) in [6.07, 6.45) is 2.04. The first-order chi connectivity index (χ1) is 7.47. The predicted octanol–water partition coefficient (Wildman–Crippen LogP) is 4.13. The van der Waals surface area contributed by atoms with Crippen LogP contribution in [-0.4, -0.2) is 5.51 Å². The van der Waals surface area contributed by atoms with Crippen LogP contribution < -0.4 is 5.73 Å². The van der Waals surface area contributed by atoms with Crippen molar-refractivity contribution in [2.45, 2.75) is 29.3 Å². The average molecular weight is 284 g/mol. The van der Waals surface area contributed by atoms with Gasteiger partial charge in [-0.05, 0) is 42.2 Å². The van der Waals surface area contributed by atoms with E-state index in [0.717, 1.165) is 12.8 Å². The van der Waals surface area contributed by atoms with Crippen LogP contribution in [0.25, 0.3) is 0 Å². The van der Waals surface area contributed by atoms with Gasteiger partial charge in [-0.15, -0.1) is 12.4 Å². The van der Waals surface area contributed by atoms with Gasteiger partial charge in [0.05, 0.1) is 0 Å². The number of halogens is 4. The second kappa shape index (κ2) is 5.50. The molecule has 0 aliphatic heterocycles. The minimum atomic E-state index is -4.25. The van der Waals surface area contributed by atoms with Crippen molar-refractivity contribution < 1.29 is 13.2 Å². The number of benzene rings is 1. The molecule has 0 bridgehead atoms. The molecule has 0 spiro atoms. The van der Waals surface area contributed by atoms with E-state index in [2.05, 4.69) is 0 Å². The molecule has 0 aromatic heterocycles. The quantitative estimate of drug-likeness (QED) is 0.844. The van der Waals surface area contributed by atoms with Gasteiger partial charge in [-0.1, -0.05) is 18.2 Å². The highest BCUT2D eigenvalue weighted by Gasteiger charge is 2.34. The number of rotatable bonds is 3. The van der Waals surface area contributed by atoms with E-state index < -0.39 is 5.51 Å². The maximum atomic E-state index is 12.3. The molecule has 96 valence electrons. The molecular formula is C11H13ClF3NS. The topological polar surface area (TPSA) is 26.0 Å². The monoisotopic (exact) mass is 283 g/mol. The molecule has 2 rings (SSSR count). The summed E-state index contributed by atoms with van der Waals surface area (Å²) in [5.74, 6) is 0.356. The molecule has 1 aliphatic carbocycles. The van der Waals surface area contributed by atoms with E-state index in [9.17, 15) is 13.2 Å². The second-order valence-electron chi connectivity index (χ2n) is 3.95. The number of nitrogens with two attached hydrogens (primary N) is 1. The highest BCUT2D eigenvalue weighted by atomic mass is 35.5. The third kappa shape index (κ3) is 4.08. The van der Waals surface area contributed by atoms with Gasteiger partial charge in [0.1, 0.15) is 0 Å². The Kier molecular flexibility index (Phi) is 4.75. The van der Waals surface area contributed by atoms with Crippen molar-refractivity contribution >= 4 is 24.2 Å². The molecule has 1 nitrogen and oxygen atoms in total. The summed E-state index contributed by atoms with van der Waals surface area (Å²) in [5, 5.41) is 0. The molecular weight excluding hydrogens is 271 g/mol. The van der Waals surface area contributed by atoms with Crippen LogP contribution in [0.3, 0.4) is 0 Å². The molecule has 0 unspecified atom stereocenters. The van der Waals surface area contributed by atoms with Crippen LogP contribution in [0.4, 0.5) is 13.2 Å². The molecule has 1 aromatic rings. The fraction of sp³-hybridized carbons (Fsp3) is 0.455. The predicted molar refractivity (Wildman–Crippen MR) is 65.3 cm³/mol. The molecule has 1 fully saturated rings. The smallest absolute Gasteiger partial charge is 0.324 e. The fourth-order valence-corrected chi connectivity index (χ4v) is 2.40. The maximum absolute atomic E-state index is 12.3. The Morgan fingerprint density at radius 2 is 1.82 bits per heavy atom. The lowest BCUT2D eigenvalue weighted by molar-refractivity contribution is -0.0328. The van der Waals surface area contributed by atoms with Gasteiger partial charge in [0.2, 0.25) is 0 Å². The Hall–Kier alpha value is -0.390. The highest BCUT2D eigenvalue weighted by molar-refractivity contribution is 8.00. The lowest BCUT2D eigenvalue weighted by Gasteiger charge is -2.16. The molecule has 6 heteroatoms. The van der Waals surface area contributed by atoms with E-state index in [1.165, 1.54) is 6.07 Å². The van der Waals surface area contributed by atoms with E-state index in [1.807, 2.05) is 0 Å². The van der Waals surface area contributed by atoms with Crippen molar-refractivity contribution in [1.29, 1.82) is 0 Å². The number of alkyl halides is 3. The Balaban J connectivity index is 0.00000144. The Labute approximate surface area is 108 Å². The summed E-state index contributed by atoms with van der Waals surface area (Å²) in [7, 11) is 0. The lowest BCUT2D eigenvalue weighted by atomic mass is 10.0. The first kappa shape index (κ1) is 14.7. The first-order valence-corrected chi connectivity index (χ1v) is 5.89. The van der Waals surface area contributed by atoms with E-state index >= 15 is 0 Å². The van der Waals surface area contributed by atoms with Gasteiger partial charge in [0.15, 0.2) is 0 Å². The highest BCUT2D eigenvalue weighted by Crippen LogP contribution is 2.45. The Morgan fingerprint density at radius 3 is 2.35 bits per heavy atom. The van der Waals surface area contributed by atoms with Crippen molar-refractivity contribution in [3.8, 4) is 0 Å². The Morgan fingerprint density at radius 1 is 1.24 bits per heavy atom. The van der Waals surface area contributed by atoms with Crippen molar-refractivity contribution in [2.24, 2.45) is 11.7 Å². The van der Waals surface area contributed by atoms with Gasteiger partial charge in [0, 0.05) is 10.9 Å². The van der Waals surface area contributed by atoms with Gasteiger partial charge >= 0.3 is 5.51 Å². The summed E-state index contributed by atoms with van der Waals surface area (Å²) in [6, 6.07) is 6.26. The standard InChI is InChI=1S/C11H12F3NS.ClH/c12-11(13,14)16-9-4-2-1-3-8(9)10(15)7-5-6-7;/h1-4,7,10H,5-6,15H2;1H/t10-;/m0./s1. The van der Waals surface area contributed by atoms with Crippen LogP contribution in [0.15, 0.2) is 29.2 Å². The summed E-state index contributed by atoms with van der Waals surface area (Å²) in [6.45, 7) is 0. The largest absolute Gasteiger partial charge is 0.446 e. The lowest BCUT2D eigenvalue weighted by Crippen LogP contribution is -2.14. The maximum Gasteiger partial charge on any atom is 0.446 e. The number of thioether (sulfide) groups is 1. The summed E-state index contributed by atoms with van der Waals surface area (Å²) in [5.41, 5.74) is 2.31. The van der Waals surface area contributed by atoms with Crippen LogP contribution in [-0.2, 0) is 0 Å². The molecule has 17 heavy (non-hydrogen) atoms. The fourth-order valence-electron chi connectivity index (χ4n) is 1.68. The van der Waals surface area contributed by atoms with Crippen LogP contribution in [0.2, 0.25) is 0 Å². The molecule has 2 N–H and O–H groups in total. The zero-order valence-electron chi connectivity index (χ0n) is 8.91. The normalized spacial score (nSPS) is 17.4. The minimum absolute atomic E-state index is 0. The third-order valence-corrected chi connectivity index (χ3v) is 3.46. The van der Waals surface area contributed by atoms with Gasteiger partial charge in [-0.25, -0.2) is 0 Å². The molecule has 0 radical (unpaired) electrons. The minimum Gasteiger partial charge on any atom is -0.324 e. The number of hydrogen-bond donors (Lipinski definition) is 1. The molecule has 1 atom stereocenters. The van der Waals surface area contributed by atoms with E-state index in [1.54, 1.807) is 18.2 Å². The molecule has 1 saturated carbocycles. The summed E-state index contributed by atoms with van der Waals surface area (Å²) < 4.78 is 37.0. The van der Waals surface area contributed by atoms with E-state index in [4.69, 9.17) is 5.73 Å². The van der Waals surface area contributed by atoms with E-state index in [0.29, 0.717) is 11.5 Å². The molecule has 0 heterocycles. The first-order valence-electron chi connectivity index (χ1n) is 5.07.